The fourth-order valence-electron chi connectivity index (χ4n) is 5.70. The molecule has 1 saturated heterocycles. The molecule has 0 saturated carbocycles. The van der Waals surface area contributed by atoms with Gasteiger partial charge in [0, 0.05) is 36.0 Å². The molecule has 2 N–H and O–H groups in total. The van der Waals surface area contributed by atoms with Crippen LogP contribution in [0.2, 0.25) is 0 Å². The lowest BCUT2D eigenvalue weighted by molar-refractivity contribution is -0.149. The van der Waals surface area contributed by atoms with Gasteiger partial charge in [-0.3, -0.25) is 9.59 Å². The van der Waals surface area contributed by atoms with E-state index in [1.54, 1.807) is 0 Å². The van der Waals surface area contributed by atoms with E-state index >= 15 is 0 Å². The van der Waals surface area contributed by atoms with Crippen molar-refractivity contribution in [1.29, 1.82) is 0 Å². The van der Waals surface area contributed by atoms with Crippen LogP contribution in [0.4, 0.5) is 0 Å². The second kappa shape index (κ2) is 6.98. The van der Waals surface area contributed by atoms with E-state index in [2.05, 4.69) is 43.2 Å². The van der Waals surface area contributed by atoms with Gasteiger partial charge in [-0.05, 0) is 29.0 Å². The quantitative estimate of drug-likeness (QED) is 0.671. The maximum absolute atomic E-state index is 13.5. The average Bonchev–Trinajstić information content (AvgIpc) is 3.31. The molecule has 0 aliphatic carbocycles. The molecule has 5 rings (SSSR count). The highest BCUT2D eigenvalue weighted by Gasteiger charge is 2.61. The lowest BCUT2D eigenvalue weighted by Gasteiger charge is -2.53. The summed E-state index contributed by atoms with van der Waals surface area (Å²) in [5.41, 5.74) is 3.66. The third kappa shape index (κ3) is 2.90. The molecule has 2 aliphatic rings. The fourth-order valence-corrected chi connectivity index (χ4v) is 5.70. The van der Waals surface area contributed by atoms with E-state index < -0.39 is 11.6 Å². The Labute approximate surface area is 182 Å². The third-order valence-corrected chi connectivity index (χ3v) is 7.17. The van der Waals surface area contributed by atoms with Gasteiger partial charge < -0.3 is 15.2 Å². The summed E-state index contributed by atoms with van der Waals surface area (Å²) in [5.74, 6) is -0.0113. The Balaban J connectivity index is 1.60. The molecular formula is C26H29N3O2. The molecule has 5 nitrogen and oxygen atoms in total. The molecule has 160 valence electrons. The first kappa shape index (κ1) is 19.9. The van der Waals surface area contributed by atoms with Gasteiger partial charge in [0.05, 0.1) is 5.54 Å². The van der Waals surface area contributed by atoms with Crippen molar-refractivity contribution in [2.45, 2.75) is 58.2 Å². The van der Waals surface area contributed by atoms with Gasteiger partial charge in [-0.25, -0.2) is 0 Å². The third-order valence-electron chi connectivity index (χ3n) is 7.17. The van der Waals surface area contributed by atoms with Gasteiger partial charge in [0.15, 0.2) is 0 Å². The maximum Gasteiger partial charge on any atom is 0.243 e. The Kier molecular flexibility index (Phi) is 4.47. The average molecular weight is 416 g/mol. The number of nitrogens with one attached hydrogen (secondary N) is 2. The first-order chi connectivity index (χ1) is 14.8. The van der Waals surface area contributed by atoms with Crippen molar-refractivity contribution >= 4 is 22.7 Å². The number of hydrogen-bond donors (Lipinski definition) is 2. The Morgan fingerprint density at radius 3 is 2.58 bits per heavy atom. The van der Waals surface area contributed by atoms with Crippen molar-refractivity contribution < 1.29 is 9.59 Å². The largest absolute Gasteiger partial charge is 0.356 e. The number of rotatable bonds is 3. The van der Waals surface area contributed by atoms with Crippen LogP contribution in [0.3, 0.4) is 0 Å². The van der Waals surface area contributed by atoms with Crippen molar-refractivity contribution in [3.63, 3.8) is 0 Å². The van der Waals surface area contributed by atoms with Gasteiger partial charge in [0.2, 0.25) is 11.8 Å². The lowest BCUT2D eigenvalue weighted by Crippen LogP contribution is -2.63. The zero-order chi connectivity index (χ0) is 21.8. The van der Waals surface area contributed by atoms with Crippen molar-refractivity contribution in [2.24, 2.45) is 5.41 Å². The topological polar surface area (TPSA) is 65.2 Å². The van der Waals surface area contributed by atoms with Crippen molar-refractivity contribution in [1.82, 2.24) is 15.2 Å². The zero-order valence-corrected chi connectivity index (χ0v) is 18.4. The highest BCUT2D eigenvalue weighted by Crippen LogP contribution is 2.56. The van der Waals surface area contributed by atoms with Crippen molar-refractivity contribution in [2.75, 3.05) is 0 Å². The van der Waals surface area contributed by atoms with Crippen LogP contribution >= 0.6 is 0 Å². The van der Waals surface area contributed by atoms with Gasteiger partial charge in [-0.2, -0.15) is 0 Å². The highest BCUT2D eigenvalue weighted by atomic mass is 16.2. The molecule has 1 aromatic heterocycles. The molecular weight excluding hydrogens is 386 g/mol. The first-order valence-corrected chi connectivity index (χ1v) is 11.1. The normalized spacial score (nSPS) is 23.0. The number of hydrogen-bond acceptors (Lipinski definition) is 2. The summed E-state index contributed by atoms with van der Waals surface area (Å²) in [6.45, 7) is 7.00. The molecule has 2 atom stereocenters. The van der Waals surface area contributed by atoms with E-state index in [1.165, 1.54) is 5.56 Å². The Bertz CT molecular complexity index is 1160. The Morgan fingerprint density at radius 2 is 1.84 bits per heavy atom. The van der Waals surface area contributed by atoms with E-state index in [1.807, 2.05) is 47.4 Å². The van der Waals surface area contributed by atoms with Crippen molar-refractivity contribution in [3.8, 4) is 0 Å². The van der Waals surface area contributed by atoms with Gasteiger partial charge in [0.25, 0.3) is 0 Å². The van der Waals surface area contributed by atoms with Gasteiger partial charge in [0.1, 0.15) is 6.04 Å². The minimum Gasteiger partial charge on any atom is -0.356 e. The summed E-state index contributed by atoms with van der Waals surface area (Å²) >= 11 is 0. The lowest BCUT2D eigenvalue weighted by atomic mass is 9.66. The first-order valence-electron chi connectivity index (χ1n) is 11.1. The predicted octanol–water partition coefficient (Wildman–Crippen LogP) is 4.27. The summed E-state index contributed by atoms with van der Waals surface area (Å²) in [6, 6.07) is 17.6. The van der Waals surface area contributed by atoms with Gasteiger partial charge in [-0.1, -0.05) is 69.3 Å². The van der Waals surface area contributed by atoms with Crippen LogP contribution in [0.25, 0.3) is 10.9 Å². The SMILES string of the molecule is CC(C)(C)[C@@]12CCC(=O)N1[C@H](C(=O)NCc1ccccc1)Cc1c2[nH]c2ccccc12. The number of benzene rings is 2. The maximum atomic E-state index is 13.5. The predicted molar refractivity (Wildman–Crippen MR) is 121 cm³/mol. The molecule has 2 aromatic carbocycles. The number of aromatic nitrogens is 1. The molecule has 2 aliphatic heterocycles. The molecule has 0 spiro atoms. The van der Waals surface area contributed by atoms with E-state index in [0.29, 0.717) is 19.4 Å². The van der Waals surface area contributed by atoms with Gasteiger partial charge in [-0.15, -0.1) is 0 Å². The molecule has 1 fully saturated rings. The van der Waals surface area contributed by atoms with Crippen LogP contribution in [-0.4, -0.2) is 27.7 Å². The fraction of sp³-hybridized carbons (Fsp3) is 0.385. The molecule has 0 bridgehead atoms. The molecule has 0 radical (unpaired) electrons. The van der Waals surface area contributed by atoms with Crippen LogP contribution in [0.15, 0.2) is 54.6 Å². The zero-order valence-electron chi connectivity index (χ0n) is 18.4. The van der Waals surface area contributed by atoms with Gasteiger partial charge >= 0.3 is 0 Å². The van der Waals surface area contributed by atoms with E-state index in [4.69, 9.17) is 0 Å². The number of fused-ring (bicyclic) bond motifs is 5. The summed E-state index contributed by atoms with van der Waals surface area (Å²) in [5, 5.41) is 4.25. The van der Waals surface area contributed by atoms with Crippen LogP contribution in [0.5, 0.6) is 0 Å². The number of para-hydroxylation sites is 1. The molecule has 5 heteroatoms. The molecule has 3 heterocycles. The van der Waals surface area contributed by atoms with Crippen molar-refractivity contribution in [3.05, 3.63) is 71.4 Å². The van der Waals surface area contributed by atoms with E-state index in [0.717, 1.165) is 28.6 Å². The summed E-state index contributed by atoms with van der Waals surface area (Å²) in [7, 11) is 0. The minimum atomic E-state index is -0.522. The smallest absolute Gasteiger partial charge is 0.243 e. The molecule has 3 aromatic rings. The number of carbonyl (C=O) groups excluding carboxylic acids is 2. The van der Waals surface area contributed by atoms with Crippen LogP contribution in [-0.2, 0) is 28.1 Å². The highest BCUT2D eigenvalue weighted by molar-refractivity contribution is 5.94. The minimum absolute atomic E-state index is 0.0686. The monoisotopic (exact) mass is 415 g/mol. The Hall–Kier alpha value is -3.08. The second-order valence-corrected chi connectivity index (χ2v) is 9.82. The molecule has 2 amide bonds. The van der Waals surface area contributed by atoms with Crippen LogP contribution < -0.4 is 5.32 Å². The Morgan fingerprint density at radius 1 is 1.13 bits per heavy atom. The van der Waals surface area contributed by atoms with E-state index in [-0.39, 0.29) is 17.2 Å². The number of aromatic amines is 1. The second-order valence-electron chi connectivity index (χ2n) is 9.82. The van der Waals surface area contributed by atoms with E-state index in [9.17, 15) is 9.59 Å². The molecule has 31 heavy (non-hydrogen) atoms. The number of H-pyrrole nitrogens is 1. The number of nitrogens with zero attached hydrogens (tertiary/aromatic N) is 1. The standard InChI is InChI=1S/C26H29N3O2/c1-25(2,3)26-14-13-22(30)29(26)21(24(31)27-16-17-9-5-4-6-10-17)15-19-18-11-7-8-12-20(18)28-23(19)26/h4-12,21,28H,13-16H2,1-3H3,(H,27,31)/t21-,26-/m0/s1. The summed E-state index contributed by atoms with van der Waals surface area (Å²) < 4.78 is 0. The summed E-state index contributed by atoms with van der Waals surface area (Å²) in [4.78, 5) is 32.2. The number of carbonyl (C=O) groups is 2. The molecule has 0 unspecified atom stereocenters. The number of amides is 2. The summed E-state index contributed by atoms with van der Waals surface area (Å²) in [6.07, 6.45) is 1.72. The van der Waals surface area contributed by atoms with Crippen LogP contribution in [0.1, 0.15) is 50.4 Å². The van der Waals surface area contributed by atoms with Crippen LogP contribution in [0, 0.1) is 5.41 Å².